The Morgan fingerprint density at radius 2 is 1.57 bits per heavy atom. The van der Waals surface area contributed by atoms with Gasteiger partial charge in [-0.1, -0.05) is 18.2 Å². The Kier molecular flexibility index (Phi) is 4.63. The van der Waals surface area contributed by atoms with Gasteiger partial charge in [0, 0.05) is 30.7 Å². The number of benzene rings is 1. The molecule has 0 atom stereocenters. The van der Waals surface area contributed by atoms with E-state index in [9.17, 15) is 14.4 Å². The number of aromatic nitrogens is 2. The smallest absolute Gasteiger partial charge is 0.262 e. The molecule has 0 fully saturated rings. The van der Waals surface area contributed by atoms with Gasteiger partial charge in [-0.15, -0.1) is 0 Å². The fourth-order valence-corrected chi connectivity index (χ4v) is 3.13. The highest BCUT2D eigenvalue weighted by Crippen LogP contribution is 2.22. The number of amides is 3. The van der Waals surface area contributed by atoms with E-state index in [0.717, 1.165) is 21.7 Å². The fraction of sp³-hybridized carbons (Fsp3) is 0.0952. The summed E-state index contributed by atoms with van der Waals surface area (Å²) < 4.78 is 0. The first kappa shape index (κ1) is 17.5. The standard InChI is InChI=1S/C21H16N4O3/c26-18(13-25-20(27)16-5-1-2-6-17(16)21(25)28)24-12-15-4-3-9-23-19(15)14-7-10-22-11-8-14/h1-11H,12-13H2,(H,24,26). The van der Waals surface area contributed by atoms with E-state index in [1.165, 1.54) is 0 Å². The molecule has 3 heterocycles. The fourth-order valence-electron chi connectivity index (χ4n) is 3.13. The summed E-state index contributed by atoms with van der Waals surface area (Å²) in [6.45, 7) is -0.0926. The number of carbonyl (C=O) groups is 3. The molecule has 2 aromatic heterocycles. The first-order valence-corrected chi connectivity index (χ1v) is 8.71. The van der Waals surface area contributed by atoms with Gasteiger partial charge in [-0.3, -0.25) is 29.3 Å². The molecule has 28 heavy (non-hydrogen) atoms. The van der Waals surface area contributed by atoms with Crippen LogP contribution in [0.3, 0.4) is 0 Å². The van der Waals surface area contributed by atoms with Crippen molar-refractivity contribution >= 4 is 17.7 Å². The van der Waals surface area contributed by atoms with E-state index in [-0.39, 0.29) is 13.1 Å². The Bertz CT molecular complexity index is 1030. The minimum absolute atomic E-state index is 0.230. The Hall–Kier alpha value is -3.87. The number of nitrogens with one attached hydrogen (secondary N) is 1. The average molecular weight is 372 g/mol. The second-order valence-corrected chi connectivity index (χ2v) is 6.27. The maximum atomic E-state index is 12.4. The average Bonchev–Trinajstić information content (AvgIpc) is 2.98. The Morgan fingerprint density at radius 3 is 2.25 bits per heavy atom. The van der Waals surface area contributed by atoms with E-state index in [0.29, 0.717) is 11.1 Å². The molecule has 3 aromatic rings. The van der Waals surface area contributed by atoms with Crippen LogP contribution in [0.15, 0.2) is 67.1 Å². The number of hydrogen-bond donors (Lipinski definition) is 1. The number of hydrogen-bond acceptors (Lipinski definition) is 5. The zero-order valence-electron chi connectivity index (χ0n) is 14.8. The third kappa shape index (κ3) is 3.25. The van der Waals surface area contributed by atoms with E-state index >= 15 is 0 Å². The van der Waals surface area contributed by atoms with Crippen molar-refractivity contribution in [3.63, 3.8) is 0 Å². The van der Waals surface area contributed by atoms with E-state index < -0.39 is 17.7 Å². The summed E-state index contributed by atoms with van der Waals surface area (Å²) in [4.78, 5) is 46.5. The summed E-state index contributed by atoms with van der Waals surface area (Å²) in [6.07, 6.45) is 5.03. The molecule has 0 radical (unpaired) electrons. The minimum Gasteiger partial charge on any atom is -0.350 e. The molecule has 0 aliphatic carbocycles. The zero-order valence-corrected chi connectivity index (χ0v) is 14.8. The number of fused-ring (bicyclic) bond motifs is 1. The predicted molar refractivity (Wildman–Crippen MR) is 101 cm³/mol. The molecular formula is C21H16N4O3. The van der Waals surface area contributed by atoms with Gasteiger partial charge in [0.2, 0.25) is 5.91 Å². The van der Waals surface area contributed by atoms with Gasteiger partial charge in [0.05, 0.1) is 16.8 Å². The number of carbonyl (C=O) groups excluding carboxylic acids is 3. The maximum absolute atomic E-state index is 12.4. The van der Waals surface area contributed by atoms with Gasteiger partial charge in [0.25, 0.3) is 11.8 Å². The molecular weight excluding hydrogens is 356 g/mol. The topological polar surface area (TPSA) is 92.3 Å². The molecule has 0 bridgehead atoms. The van der Waals surface area contributed by atoms with Gasteiger partial charge in [-0.25, -0.2) is 0 Å². The van der Waals surface area contributed by atoms with E-state index in [1.54, 1.807) is 48.9 Å². The molecule has 0 saturated heterocycles. The second kappa shape index (κ2) is 7.40. The van der Waals surface area contributed by atoms with Crippen LogP contribution >= 0.6 is 0 Å². The van der Waals surface area contributed by atoms with Gasteiger partial charge >= 0.3 is 0 Å². The van der Waals surface area contributed by atoms with Crippen LogP contribution in [0.2, 0.25) is 0 Å². The van der Waals surface area contributed by atoms with Crippen molar-refractivity contribution in [2.24, 2.45) is 0 Å². The van der Waals surface area contributed by atoms with Gasteiger partial charge in [-0.2, -0.15) is 0 Å². The molecule has 138 valence electrons. The van der Waals surface area contributed by atoms with Gasteiger partial charge < -0.3 is 5.32 Å². The summed E-state index contributed by atoms with van der Waals surface area (Å²) >= 11 is 0. The number of rotatable bonds is 5. The molecule has 1 aromatic carbocycles. The van der Waals surface area contributed by atoms with Crippen molar-refractivity contribution in [1.82, 2.24) is 20.2 Å². The molecule has 1 aliphatic rings. The molecule has 0 spiro atoms. The largest absolute Gasteiger partial charge is 0.350 e. The highest BCUT2D eigenvalue weighted by Gasteiger charge is 2.36. The molecule has 0 saturated carbocycles. The lowest BCUT2D eigenvalue weighted by molar-refractivity contribution is -0.121. The molecule has 7 heteroatoms. The first-order valence-electron chi connectivity index (χ1n) is 8.71. The van der Waals surface area contributed by atoms with Crippen LogP contribution in [0.1, 0.15) is 26.3 Å². The van der Waals surface area contributed by atoms with Crippen LogP contribution in [0.5, 0.6) is 0 Å². The Morgan fingerprint density at radius 1 is 0.893 bits per heavy atom. The van der Waals surface area contributed by atoms with E-state index in [2.05, 4.69) is 15.3 Å². The van der Waals surface area contributed by atoms with Gasteiger partial charge in [0.15, 0.2) is 0 Å². The lowest BCUT2D eigenvalue weighted by Crippen LogP contribution is -2.40. The first-order chi connectivity index (χ1) is 13.6. The number of pyridine rings is 2. The van der Waals surface area contributed by atoms with Crippen molar-refractivity contribution in [3.8, 4) is 11.3 Å². The lowest BCUT2D eigenvalue weighted by atomic mass is 10.1. The Labute approximate surface area is 161 Å². The number of imide groups is 1. The lowest BCUT2D eigenvalue weighted by Gasteiger charge is -2.14. The molecule has 4 rings (SSSR count). The summed E-state index contributed by atoms with van der Waals surface area (Å²) in [5.74, 6) is -1.32. The van der Waals surface area contributed by atoms with Crippen LogP contribution in [0.4, 0.5) is 0 Å². The van der Waals surface area contributed by atoms with Crippen LogP contribution < -0.4 is 5.32 Å². The quantitative estimate of drug-likeness (QED) is 0.692. The van der Waals surface area contributed by atoms with Crippen LogP contribution in [0, 0.1) is 0 Å². The van der Waals surface area contributed by atoms with Crippen molar-refractivity contribution in [2.75, 3.05) is 6.54 Å². The van der Waals surface area contributed by atoms with E-state index in [4.69, 9.17) is 0 Å². The van der Waals surface area contributed by atoms with Crippen LogP contribution in [-0.4, -0.2) is 39.1 Å². The monoisotopic (exact) mass is 372 g/mol. The van der Waals surface area contributed by atoms with Crippen molar-refractivity contribution in [2.45, 2.75) is 6.54 Å². The highest BCUT2D eigenvalue weighted by molar-refractivity contribution is 6.22. The van der Waals surface area contributed by atoms with Crippen LogP contribution in [0.25, 0.3) is 11.3 Å². The summed E-state index contributed by atoms with van der Waals surface area (Å²) in [5.41, 5.74) is 3.11. The third-order valence-corrected chi connectivity index (χ3v) is 4.50. The molecule has 0 unspecified atom stereocenters. The third-order valence-electron chi connectivity index (χ3n) is 4.50. The molecule has 1 aliphatic heterocycles. The highest BCUT2D eigenvalue weighted by atomic mass is 16.2. The SMILES string of the molecule is O=C(CN1C(=O)c2ccccc2C1=O)NCc1cccnc1-c1ccncc1. The van der Waals surface area contributed by atoms with Gasteiger partial charge in [0.1, 0.15) is 6.54 Å². The number of nitrogens with zero attached hydrogens (tertiary/aromatic N) is 3. The normalized spacial score (nSPS) is 12.8. The van der Waals surface area contributed by atoms with Crippen LogP contribution in [-0.2, 0) is 11.3 Å². The molecule has 1 N–H and O–H groups in total. The second-order valence-electron chi connectivity index (χ2n) is 6.27. The predicted octanol–water partition coefficient (Wildman–Crippen LogP) is 2.06. The van der Waals surface area contributed by atoms with Crippen molar-refractivity contribution in [1.29, 1.82) is 0 Å². The van der Waals surface area contributed by atoms with Gasteiger partial charge in [-0.05, 0) is 35.9 Å². The maximum Gasteiger partial charge on any atom is 0.262 e. The molecule has 3 amide bonds. The molecule has 7 nitrogen and oxygen atoms in total. The van der Waals surface area contributed by atoms with Crippen molar-refractivity contribution < 1.29 is 14.4 Å². The summed E-state index contributed by atoms with van der Waals surface area (Å²) in [5, 5.41) is 2.76. The van der Waals surface area contributed by atoms with Crippen molar-refractivity contribution in [3.05, 3.63) is 83.8 Å². The van der Waals surface area contributed by atoms with E-state index in [1.807, 2.05) is 18.2 Å². The minimum atomic E-state index is -0.449. The summed E-state index contributed by atoms with van der Waals surface area (Å²) in [6, 6.07) is 13.9. The Balaban J connectivity index is 1.44. The summed E-state index contributed by atoms with van der Waals surface area (Å²) in [7, 11) is 0. The zero-order chi connectivity index (χ0) is 19.5.